The molecular formula is C18H32IN5O5S. The number of amides is 1. The molecule has 0 aliphatic carbocycles. The molecule has 10 nitrogen and oxygen atoms in total. The van der Waals surface area contributed by atoms with Gasteiger partial charge >= 0.3 is 0 Å². The van der Waals surface area contributed by atoms with E-state index in [1.54, 1.807) is 19.2 Å². The Bertz CT molecular complexity index is 762. The highest BCUT2D eigenvalue weighted by atomic mass is 127. The molecule has 0 unspecified atom stereocenters. The number of ether oxygens (including phenoxy) is 1. The molecule has 2 rings (SSSR count). The number of rotatable bonds is 9. The van der Waals surface area contributed by atoms with Gasteiger partial charge in [0, 0.05) is 46.3 Å². The smallest absolute Gasteiger partial charge is 0.287 e. The van der Waals surface area contributed by atoms with E-state index in [0.717, 1.165) is 0 Å². The van der Waals surface area contributed by atoms with Gasteiger partial charge in [-0.1, -0.05) is 0 Å². The highest BCUT2D eigenvalue weighted by Crippen LogP contribution is 2.09. The summed E-state index contributed by atoms with van der Waals surface area (Å²) in [7, 11) is -1.65. The van der Waals surface area contributed by atoms with Crippen LogP contribution in [0.3, 0.4) is 0 Å². The van der Waals surface area contributed by atoms with Crippen LogP contribution in [0.5, 0.6) is 0 Å². The minimum atomic E-state index is -3.32. The number of halogens is 1. The van der Waals surface area contributed by atoms with Gasteiger partial charge in [-0.05, 0) is 26.0 Å². The van der Waals surface area contributed by atoms with Crippen molar-refractivity contribution in [2.24, 2.45) is 4.99 Å². The second-order valence-corrected chi connectivity index (χ2v) is 8.92. The molecule has 30 heavy (non-hydrogen) atoms. The highest BCUT2D eigenvalue weighted by molar-refractivity contribution is 14.0. The highest BCUT2D eigenvalue weighted by Gasteiger charge is 2.27. The molecule has 1 fully saturated rings. The maximum absolute atomic E-state index is 12.4. The molecule has 0 aromatic carbocycles. The van der Waals surface area contributed by atoms with Crippen molar-refractivity contribution in [1.82, 2.24) is 19.8 Å². The average Bonchev–Trinajstić information content (AvgIpc) is 3.22. The van der Waals surface area contributed by atoms with Crippen LogP contribution in [0.15, 0.2) is 27.8 Å². The summed E-state index contributed by atoms with van der Waals surface area (Å²) in [5.41, 5.74) is 0. The Morgan fingerprint density at radius 3 is 2.47 bits per heavy atom. The fraction of sp³-hybridized carbons (Fsp3) is 0.667. The largest absolute Gasteiger partial charge is 0.459 e. The van der Waals surface area contributed by atoms with Crippen molar-refractivity contribution in [3.8, 4) is 0 Å². The predicted molar refractivity (Wildman–Crippen MR) is 126 cm³/mol. The lowest BCUT2D eigenvalue weighted by Gasteiger charge is -2.35. The molecule has 172 valence electrons. The van der Waals surface area contributed by atoms with Crippen LogP contribution in [-0.2, 0) is 14.8 Å². The molecule has 2 heterocycles. The quantitative estimate of drug-likeness (QED) is 0.198. The number of guanidine groups is 1. The number of furan rings is 1. The van der Waals surface area contributed by atoms with Gasteiger partial charge in [0.2, 0.25) is 10.0 Å². The number of aliphatic imine (C=N–C) groups is 1. The Morgan fingerprint density at radius 1 is 1.23 bits per heavy atom. The summed E-state index contributed by atoms with van der Waals surface area (Å²) in [6, 6.07) is 3.26. The molecule has 1 aliphatic heterocycles. The topological polar surface area (TPSA) is 116 Å². The molecule has 1 saturated heterocycles. The number of piperazine rings is 1. The van der Waals surface area contributed by atoms with Crippen molar-refractivity contribution in [1.29, 1.82) is 0 Å². The average molecular weight is 557 g/mol. The Balaban J connectivity index is 0.00000450. The van der Waals surface area contributed by atoms with Crippen molar-refractivity contribution >= 4 is 45.9 Å². The van der Waals surface area contributed by atoms with E-state index in [1.807, 2.05) is 18.7 Å². The van der Waals surface area contributed by atoms with Crippen LogP contribution in [0, 0.1) is 0 Å². The fourth-order valence-corrected chi connectivity index (χ4v) is 4.16. The molecule has 1 aliphatic rings. The van der Waals surface area contributed by atoms with E-state index in [4.69, 9.17) is 9.15 Å². The van der Waals surface area contributed by atoms with Crippen LogP contribution < -0.4 is 10.6 Å². The molecule has 0 bridgehead atoms. The molecule has 0 saturated carbocycles. The van der Waals surface area contributed by atoms with Gasteiger partial charge in [0.1, 0.15) is 0 Å². The van der Waals surface area contributed by atoms with Crippen LogP contribution in [0.4, 0.5) is 0 Å². The number of hydrogen-bond donors (Lipinski definition) is 2. The van der Waals surface area contributed by atoms with E-state index in [-0.39, 0.29) is 54.1 Å². The first kappa shape index (κ1) is 26.7. The maximum atomic E-state index is 12.4. The lowest BCUT2D eigenvalue weighted by Crippen LogP contribution is -2.54. The van der Waals surface area contributed by atoms with Crippen LogP contribution in [-0.4, -0.2) is 94.3 Å². The number of carbonyl (C=O) groups excluding carboxylic acids is 1. The van der Waals surface area contributed by atoms with E-state index in [0.29, 0.717) is 45.2 Å². The van der Waals surface area contributed by atoms with Crippen LogP contribution in [0.1, 0.15) is 24.4 Å². The van der Waals surface area contributed by atoms with Crippen LogP contribution in [0.25, 0.3) is 0 Å². The van der Waals surface area contributed by atoms with Crippen molar-refractivity contribution in [2.75, 3.05) is 58.7 Å². The lowest BCUT2D eigenvalue weighted by atomic mass is 10.4. The van der Waals surface area contributed by atoms with Crippen LogP contribution >= 0.6 is 24.0 Å². The van der Waals surface area contributed by atoms with Gasteiger partial charge in [-0.3, -0.25) is 9.79 Å². The Kier molecular flexibility index (Phi) is 11.7. The Labute approximate surface area is 195 Å². The zero-order chi connectivity index (χ0) is 21.3. The molecule has 1 aromatic rings. The monoisotopic (exact) mass is 557 g/mol. The number of sulfonamides is 1. The second kappa shape index (κ2) is 13.1. The van der Waals surface area contributed by atoms with E-state index in [9.17, 15) is 13.2 Å². The van der Waals surface area contributed by atoms with Gasteiger partial charge in [-0.2, -0.15) is 4.31 Å². The van der Waals surface area contributed by atoms with Gasteiger partial charge in [-0.15, -0.1) is 24.0 Å². The van der Waals surface area contributed by atoms with Gasteiger partial charge in [0.25, 0.3) is 5.91 Å². The summed E-state index contributed by atoms with van der Waals surface area (Å²) < 4.78 is 36.7. The van der Waals surface area contributed by atoms with Gasteiger partial charge in [0.15, 0.2) is 11.7 Å². The fourth-order valence-electron chi connectivity index (χ4n) is 2.87. The van der Waals surface area contributed by atoms with Crippen LogP contribution in [0.2, 0.25) is 0 Å². The molecule has 1 aromatic heterocycles. The molecular weight excluding hydrogens is 525 g/mol. The number of carbonyl (C=O) groups is 1. The van der Waals surface area contributed by atoms with Gasteiger partial charge in [0.05, 0.1) is 24.7 Å². The summed E-state index contributed by atoms with van der Waals surface area (Å²) in [6.45, 7) is 6.75. The SMILES string of the molecule is CN=C(NCCNC(=O)c1ccco1)N1CCN(S(=O)(=O)CCOC(C)C)CC1.I. The first-order valence-corrected chi connectivity index (χ1v) is 11.3. The first-order chi connectivity index (χ1) is 13.8. The van der Waals surface area contributed by atoms with Gasteiger partial charge < -0.3 is 24.7 Å². The van der Waals surface area contributed by atoms with E-state index in [2.05, 4.69) is 15.6 Å². The summed E-state index contributed by atoms with van der Waals surface area (Å²) in [4.78, 5) is 18.1. The minimum Gasteiger partial charge on any atom is -0.459 e. The normalized spacial score (nSPS) is 15.7. The number of nitrogens with one attached hydrogen (secondary N) is 2. The third-order valence-corrected chi connectivity index (χ3v) is 6.21. The number of hydrogen-bond acceptors (Lipinski definition) is 6. The third kappa shape index (κ3) is 8.40. The molecule has 2 N–H and O–H groups in total. The third-order valence-electron chi connectivity index (χ3n) is 4.37. The van der Waals surface area contributed by atoms with Gasteiger partial charge in [-0.25, -0.2) is 8.42 Å². The molecule has 12 heteroatoms. The summed E-state index contributed by atoms with van der Waals surface area (Å²) in [6.07, 6.45) is 1.46. The molecule has 0 atom stereocenters. The summed E-state index contributed by atoms with van der Waals surface area (Å²) >= 11 is 0. The molecule has 0 radical (unpaired) electrons. The van der Waals surface area contributed by atoms with Crippen molar-refractivity contribution < 1.29 is 22.4 Å². The number of nitrogens with zero attached hydrogens (tertiary/aromatic N) is 3. The van der Waals surface area contributed by atoms with E-state index >= 15 is 0 Å². The Morgan fingerprint density at radius 2 is 1.90 bits per heavy atom. The van der Waals surface area contributed by atoms with E-state index < -0.39 is 10.0 Å². The minimum absolute atomic E-state index is 0. The van der Waals surface area contributed by atoms with Crippen molar-refractivity contribution in [2.45, 2.75) is 20.0 Å². The Hall–Kier alpha value is -1.38. The first-order valence-electron chi connectivity index (χ1n) is 9.70. The molecule has 1 amide bonds. The predicted octanol–water partition coefficient (Wildman–Crippen LogP) is 0.575. The maximum Gasteiger partial charge on any atom is 0.287 e. The summed E-state index contributed by atoms with van der Waals surface area (Å²) in [5, 5.41) is 5.94. The lowest BCUT2D eigenvalue weighted by molar-refractivity contribution is 0.0904. The van der Waals surface area contributed by atoms with E-state index in [1.165, 1.54) is 10.6 Å². The second-order valence-electron chi connectivity index (χ2n) is 6.83. The summed E-state index contributed by atoms with van der Waals surface area (Å²) in [5.74, 6) is 0.669. The van der Waals surface area contributed by atoms with Crippen molar-refractivity contribution in [3.63, 3.8) is 0 Å². The standard InChI is InChI=1S/C18H31N5O5S.HI/c1-15(2)27-13-14-29(25,26)23-10-8-22(9-11-23)18(19-3)21-7-6-20-17(24)16-5-4-12-28-16;/h4-5,12,15H,6-11,13-14H2,1-3H3,(H,19,21)(H,20,24);1H. The van der Waals surface area contributed by atoms with Crippen molar-refractivity contribution in [3.05, 3.63) is 24.2 Å². The zero-order valence-electron chi connectivity index (χ0n) is 17.7. The zero-order valence-corrected chi connectivity index (χ0v) is 20.8. The molecule has 0 spiro atoms.